The zero-order chi connectivity index (χ0) is 26.3. The van der Waals surface area contributed by atoms with Gasteiger partial charge in [0, 0.05) is 32.0 Å². The van der Waals surface area contributed by atoms with Crippen LogP contribution in [0, 0.1) is 34.5 Å². The second-order valence-corrected chi connectivity index (χ2v) is 13.2. The van der Waals surface area contributed by atoms with Crippen LogP contribution in [0.1, 0.15) is 91.0 Å². The third-order valence-corrected chi connectivity index (χ3v) is 11.7. The van der Waals surface area contributed by atoms with Gasteiger partial charge in [-0.2, -0.15) is 0 Å². The summed E-state index contributed by atoms with van der Waals surface area (Å²) in [7, 11) is 1.72. The molecule has 1 aromatic rings. The Bertz CT molecular complexity index is 1160. The van der Waals surface area contributed by atoms with E-state index in [1.165, 1.54) is 30.9 Å². The van der Waals surface area contributed by atoms with Crippen molar-refractivity contribution in [3.05, 3.63) is 35.4 Å². The number of anilines is 1. The van der Waals surface area contributed by atoms with Crippen LogP contribution in [-0.2, 0) is 14.3 Å². The van der Waals surface area contributed by atoms with Crippen molar-refractivity contribution in [1.29, 1.82) is 0 Å². The maximum atomic E-state index is 13.2. The Labute approximate surface area is 222 Å². The Morgan fingerprint density at radius 1 is 1.08 bits per heavy atom. The van der Waals surface area contributed by atoms with Crippen LogP contribution in [-0.4, -0.2) is 31.1 Å². The highest BCUT2D eigenvalue weighted by Crippen LogP contribution is 2.69. The van der Waals surface area contributed by atoms with E-state index in [-0.39, 0.29) is 34.9 Å². The van der Waals surface area contributed by atoms with Gasteiger partial charge in [-0.1, -0.05) is 32.4 Å². The third-order valence-electron chi connectivity index (χ3n) is 11.7. The number of rotatable bonds is 2. The lowest BCUT2D eigenvalue weighted by atomic mass is 9.46. The number of allylic oxidation sites excluding steroid dienone is 1. The molecule has 1 amide bonds. The van der Waals surface area contributed by atoms with Gasteiger partial charge in [0.15, 0.2) is 0 Å². The molecule has 1 heterocycles. The zero-order valence-corrected chi connectivity index (χ0v) is 23.4. The number of methoxy groups -OCH3 is 1. The van der Waals surface area contributed by atoms with Crippen molar-refractivity contribution in [1.82, 2.24) is 0 Å². The van der Waals surface area contributed by atoms with Gasteiger partial charge in [-0.25, -0.2) is 0 Å². The molecule has 0 spiro atoms. The van der Waals surface area contributed by atoms with Crippen LogP contribution in [0.5, 0.6) is 5.75 Å². The molecule has 1 aliphatic heterocycles. The van der Waals surface area contributed by atoms with Gasteiger partial charge in [-0.3, -0.25) is 9.59 Å². The van der Waals surface area contributed by atoms with Gasteiger partial charge in [0.25, 0.3) is 0 Å². The molecule has 0 N–H and O–H groups in total. The molecule has 0 unspecified atom stereocenters. The average molecular weight is 506 g/mol. The summed E-state index contributed by atoms with van der Waals surface area (Å²) >= 11 is 0. The van der Waals surface area contributed by atoms with E-state index in [1.54, 1.807) is 14.0 Å². The Morgan fingerprint density at radius 3 is 2.57 bits per heavy atom. The van der Waals surface area contributed by atoms with Crippen LogP contribution < -0.4 is 9.64 Å². The average Bonchev–Trinajstić information content (AvgIpc) is 3.16. The first-order valence-electron chi connectivity index (χ1n) is 14.4. The predicted molar refractivity (Wildman–Crippen MR) is 144 cm³/mol. The highest BCUT2D eigenvalue weighted by Gasteiger charge is 2.64. The number of nitrogens with zero attached hydrogens (tertiary/aromatic N) is 1. The van der Waals surface area contributed by atoms with Gasteiger partial charge < -0.3 is 14.4 Å². The van der Waals surface area contributed by atoms with Crippen molar-refractivity contribution in [2.75, 3.05) is 12.0 Å². The smallest absolute Gasteiger partial charge is 0.302 e. The fourth-order valence-electron chi connectivity index (χ4n) is 10.2. The molecule has 5 heteroatoms. The lowest BCUT2D eigenvalue weighted by Gasteiger charge is -2.58. The molecule has 0 aromatic heterocycles. The van der Waals surface area contributed by atoms with Gasteiger partial charge in [0.1, 0.15) is 11.9 Å². The second-order valence-electron chi connectivity index (χ2n) is 13.2. The summed E-state index contributed by atoms with van der Waals surface area (Å²) in [6, 6.07) is 6.54. The van der Waals surface area contributed by atoms with Gasteiger partial charge in [-0.15, -0.1) is 0 Å². The van der Waals surface area contributed by atoms with E-state index < -0.39 is 0 Å². The van der Waals surface area contributed by atoms with Crippen molar-refractivity contribution in [3.63, 3.8) is 0 Å². The fraction of sp³-hybridized carbons (Fsp3) is 0.688. The van der Waals surface area contributed by atoms with Crippen molar-refractivity contribution in [2.45, 2.75) is 97.6 Å². The number of carbonyl (C=O) groups is 2. The summed E-state index contributed by atoms with van der Waals surface area (Å²) in [6.45, 7) is 10.7. The first-order valence-corrected chi connectivity index (χ1v) is 14.4. The van der Waals surface area contributed by atoms with E-state index in [4.69, 9.17) is 9.47 Å². The molecule has 0 bridgehead atoms. The molecular formula is C32H43NO4. The lowest BCUT2D eigenvalue weighted by Crippen LogP contribution is -2.52. The van der Waals surface area contributed by atoms with Crippen molar-refractivity contribution in [2.24, 2.45) is 34.5 Å². The molecule has 37 heavy (non-hydrogen) atoms. The van der Waals surface area contributed by atoms with E-state index in [9.17, 15) is 9.59 Å². The number of hydrogen-bond donors (Lipinski definition) is 0. The highest BCUT2D eigenvalue weighted by atomic mass is 16.5. The molecular weight excluding hydrogens is 462 g/mol. The fourth-order valence-corrected chi connectivity index (χ4v) is 10.2. The number of hydrogen-bond acceptors (Lipinski definition) is 4. The van der Waals surface area contributed by atoms with Gasteiger partial charge in [0.2, 0.25) is 5.91 Å². The number of ether oxygens (including phenoxy) is 2. The highest BCUT2D eigenvalue weighted by molar-refractivity contribution is 5.94. The normalized spacial score (nSPS) is 41.8. The number of amides is 1. The molecule has 4 aliphatic carbocycles. The van der Waals surface area contributed by atoms with Crippen molar-refractivity contribution in [3.8, 4) is 5.75 Å². The summed E-state index contributed by atoms with van der Waals surface area (Å²) in [5.41, 5.74) is 4.31. The number of carbonyl (C=O) groups excluding carboxylic acids is 2. The first kappa shape index (κ1) is 25.0. The zero-order valence-electron chi connectivity index (χ0n) is 23.4. The Hall–Kier alpha value is -2.30. The Kier molecular flexibility index (Phi) is 5.82. The van der Waals surface area contributed by atoms with E-state index in [1.807, 2.05) is 6.07 Å². The molecule has 3 saturated carbocycles. The molecule has 0 radical (unpaired) electrons. The van der Waals surface area contributed by atoms with Gasteiger partial charge in [0.05, 0.1) is 7.11 Å². The van der Waals surface area contributed by atoms with E-state index >= 15 is 0 Å². The van der Waals surface area contributed by atoms with Crippen LogP contribution in [0.25, 0.3) is 0 Å². The minimum absolute atomic E-state index is 0.0389. The molecule has 9 atom stereocenters. The Morgan fingerprint density at radius 2 is 1.86 bits per heavy atom. The summed E-state index contributed by atoms with van der Waals surface area (Å²) < 4.78 is 11.2. The van der Waals surface area contributed by atoms with E-state index in [0.717, 1.165) is 43.5 Å². The van der Waals surface area contributed by atoms with Crippen molar-refractivity contribution >= 4 is 17.6 Å². The van der Waals surface area contributed by atoms with Gasteiger partial charge >= 0.3 is 5.97 Å². The standard InChI is InChI=1S/C32H43NO4/c1-18-25-16-22(36-6)8-10-28(25)33(19(2)34)29-17-27-24-9-7-21-15-23(37-20(3)35)11-13-31(21,4)26(24)12-14-32(27,5)30(18)29/h7-8,10,16,18,23-24,26-27,29-30H,9,11-15,17H2,1-6H3/t18-,23+,24-,26+,27+,29-,30+,31+,32+/m1/s1. The maximum Gasteiger partial charge on any atom is 0.302 e. The van der Waals surface area contributed by atoms with E-state index in [2.05, 4.69) is 43.9 Å². The largest absolute Gasteiger partial charge is 0.497 e. The molecule has 0 saturated heterocycles. The first-order chi connectivity index (χ1) is 17.6. The van der Waals surface area contributed by atoms with Crippen LogP contribution in [0.2, 0.25) is 0 Å². The van der Waals surface area contributed by atoms with Crippen LogP contribution >= 0.6 is 0 Å². The molecule has 3 fully saturated rings. The lowest BCUT2D eigenvalue weighted by molar-refractivity contribution is -0.148. The van der Waals surface area contributed by atoms with Crippen LogP contribution in [0.15, 0.2) is 29.8 Å². The summed E-state index contributed by atoms with van der Waals surface area (Å²) in [4.78, 5) is 26.9. The number of esters is 1. The quantitative estimate of drug-likeness (QED) is 0.333. The molecule has 5 nitrogen and oxygen atoms in total. The minimum Gasteiger partial charge on any atom is -0.497 e. The predicted octanol–water partition coefficient (Wildman–Crippen LogP) is 6.65. The van der Waals surface area contributed by atoms with Crippen molar-refractivity contribution < 1.29 is 19.1 Å². The SMILES string of the molecule is COc1ccc2c(c1)[C@@H](C)[C@H]1[C@@H](C[C@H]3[C@@H]4CC=C5C[C@@H](OC(C)=O)CC[C@]5(C)[C@H]4CC[C@]13C)N2C(C)=O. The molecule has 200 valence electrons. The second kappa shape index (κ2) is 8.61. The molecule has 6 rings (SSSR count). The summed E-state index contributed by atoms with van der Waals surface area (Å²) in [5.74, 6) is 3.67. The summed E-state index contributed by atoms with van der Waals surface area (Å²) in [6.07, 6.45) is 10.2. The van der Waals surface area contributed by atoms with E-state index in [0.29, 0.717) is 29.6 Å². The minimum atomic E-state index is -0.160. The monoisotopic (exact) mass is 505 g/mol. The maximum absolute atomic E-state index is 13.2. The molecule has 1 aromatic carbocycles. The summed E-state index contributed by atoms with van der Waals surface area (Å²) in [5, 5.41) is 0. The molecule has 5 aliphatic rings. The Balaban J connectivity index is 1.35. The topological polar surface area (TPSA) is 55.8 Å². The third kappa shape index (κ3) is 3.55. The van der Waals surface area contributed by atoms with Crippen LogP contribution in [0.4, 0.5) is 5.69 Å². The van der Waals surface area contributed by atoms with Gasteiger partial charge in [-0.05, 0) is 103 Å². The number of fused-ring (bicyclic) bond motifs is 8. The van der Waals surface area contributed by atoms with Crippen LogP contribution in [0.3, 0.4) is 0 Å². The number of benzene rings is 1.